The van der Waals surface area contributed by atoms with Gasteiger partial charge in [0.2, 0.25) is 0 Å². The number of carbonyl (C=O) groups excluding carboxylic acids is 1. The molecule has 24 heavy (non-hydrogen) atoms. The van der Waals surface area contributed by atoms with E-state index in [2.05, 4.69) is 52.7 Å². The fraction of sp³-hybridized carbons (Fsp3) is 0.200. The second-order valence-electron chi connectivity index (χ2n) is 6.11. The van der Waals surface area contributed by atoms with Crippen molar-refractivity contribution >= 4 is 33.5 Å². The highest BCUT2D eigenvalue weighted by molar-refractivity contribution is 6.19. The normalized spacial score (nSPS) is 18.2. The molecule has 1 aromatic heterocycles. The number of para-hydroxylation sites is 2. The van der Waals surface area contributed by atoms with Crippen molar-refractivity contribution in [1.82, 2.24) is 4.57 Å². The van der Waals surface area contributed by atoms with Crippen LogP contribution in [0.1, 0.15) is 18.9 Å². The van der Waals surface area contributed by atoms with E-state index >= 15 is 0 Å². The number of fused-ring (bicyclic) bond motifs is 3. The summed E-state index contributed by atoms with van der Waals surface area (Å²) >= 11 is 0. The number of allylic oxidation sites excluding steroid dienone is 1. The minimum atomic E-state index is -0.404. The molecule has 0 bridgehead atoms. The van der Waals surface area contributed by atoms with Crippen molar-refractivity contribution in [2.45, 2.75) is 19.9 Å². The van der Waals surface area contributed by atoms with Gasteiger partial charge in [0.15, 0.2) is 0 Å². The lowest BCUT2D eigenvalue weighted by Crippen LogP contribution is -2.27. The van der Waals surface area contributed by atoms with Gasteiger partial charge >= 0.3 is 5.97 Å². The number of benzene rings is 2. The second kappa shape index (κ2) is 5.64. The first-order valence-electron chi connectivity index (χ1n) is 8.07. The predicted molar refractivity (Wildman–Crippen MR) is 96.1 cm³/mol. The zero-order chi connectivity index (χ0) is 16.7. The van der Waals surface area contributed by atoms with E-state index in [9.17, 15) is 4.79 Å². The van der Waals surface area contributed by atoms with Gasteiger partial charge in [0.1, 0.15) is 0 Å². The van der Waals surface area contributed by atoms with Gasteiger partial charge in [-0.25, -0.2) is 4.79 Å². The third-order valence-electron chi connectivity index (χ3n) is 4.58. The minimum absolute atomic E-state index is 0.135. The number of aromatic nitrogens is 1. The van der Waals surface area contributed by atoms with Crippen molar-refractivity contribution < 1.29 is 9.63 Å². The van der Waals surface area contributed by atoms with Gasteiger partial charge in [0.05, 0.1) is 11.2 Å². The van der Waals surface area contributed by atoms with Crippen LogP contribution >= 0.6 is 0 Å². The van der Waals surface area contributed by atoms with Crippen LogP contribution in [0, 0.1) is 5.92 Å². The molecule has 2 aromatic carbocycles. The summed E-state index contributed by atoms with van der Waals surface area (Å²) in [7, 11) is 0. The van der Waals surface area contributed by atoms with Crippen molar-refractivity contribution in [2.75, 3.05) is 0 Å². The third kappa shape index (κ3) is 2.14. The Bertz CT molecular complexity index is 997. The maximum absolute atomic E-state index is 11.2. The highest BCUT2D eigenvalue weighted by Gasteiger charge is 2.29. The number of hydrogen-bond acceptors (Lipinski definition) is 3. The van der Waals surface area contributed by atoms with Crippen molar-refractivity contribution in [3.63, 3.8) is 0 Å². The van der Waals surface area contributed by atoms with Crippen molar-refractivity contribution in [1.29, 1.82) is 0 Å². The monoisotopic (exact) mass is 318 g/mol. The molecule has 4 nitrogen and oxygen atoms in total. The number of nitrogens with zero attached hydrogens (tertiary/aromatic N) is 2. The summed E-state index contributed by atoms with van der Waals surface area (Å²) in [5, 5.41) is 6.62. The lowest BCUT2D eigenvalue weighted by Gasteiger charge is -2.25. The highest BCUT2D eigenvalue weighted by atomic mass is 16.7. The van der Waals surface area contributed by atoms with E-state index in [1.807, 2.05) is 12.1 Å². The molecule has 1 unspecified atom stereocenters. The standard InChI is InChI=1S/C20H18N2O2/c1-3-7-14-12-22-18-11-5-4-8-15(18)16-9-6-10-17(20(16)22)19(14)21-24-13(2)23/h3-6,8-11,14H,1,7,12H2,2H3/b21-19+. The van der Waals surface area contributed by atoms with E-state index in [0.717, 1.165) is 29.8 Å². The maximum atomic E-state index is 11.2. The molecule has 0 aliphatic carbocycles. The first-order chi connectivity index (χ1) is 11.7. The van der Waals surface area contributed by atoms with E-state index in [-0.39, 0.29) is 5.92 Å². The van der Waals surface area contributed by atoms with Crippen LogP contribution in [0.4, 0.5) is 0 Å². The van der Waals surface area contributed by atoms with Gasteiger partial charge in [-0.2, -0.15) is 0 Å². The van der Waals surface area contributed by atoms with Crippen molar-refractivity contribution in [3.8, 4) is 0 Å². The van der Waals surface area contributed by atoms with E-state index in [4.69, 9.17) is 4.84 Å². The molecular formula is C20H18N2O2. The zero-order valence-corrected chi connectivity index (χ0v) is 13.5. The van der Waals surface area contributed by atoms with Crippen LogP contribution in [-0.2, 0) is 16.2 Å². The Morgan fingerprint density at radius 2 is 2.08 bits per heavy atom. The van der Waals surface area contributed by atoms with Gasteiger partial charge in [-0.15, -0.1) is 6.58 Å². The summed E-state index contributed by atoms with van der Waals surface area (Å²) in [6.45, 7) is 6.03. The van der Waals surface area contributed by atoms with Crippen LogP contribution in [0.15, 0.2) is 60.3 Å². The number of hydrogen-bond donors (Lipinski definition) is 0. The van der Waals surface area contributed by atoms with Gasteiger partial charge in [0, 0.05) is 41.2 Å². The molecule has 4 heteroatoms. The van der Waals surface area contributed by atoms with Crippen molar-refractivity contribution in [2.24, 2.45) is 11.1 Å². The van der Waals surface area contributed by atoms with Crippen LogP contribution in [0.2, 0.25) is 0 Å². The summed E-state index contributed by atoms with van der Waals surface area (Å²) < 4.78 is 2.35. The van der Waals surface area contributed by atoms with Gasteiger partial charge < -0.3 is 9.40 Å². The summed E-state index contributed by atoms with van der Waals surface area (Å²) in [5.41, 5.74) is 4.24. The molecule has 1 aliphatic heterocycles. The molecule has 1 aliphatic rings. The molecule has 0 radical (unpaired) electrons. The molecule has 0 fully saturated rings. The molecule has 3 aromatic rings. The molecule has 1 atom stereocenters. The topological polar surface area (TPSA) is 43.6 Å². The molecule has 120 valence electrons. The fourth-order valence-corrected chi connectivity index (χ4v) is 3.66. The highest BCUT2D eigenvalue weighted by Crippen LogP contribution is 2.37. The van der Waals surface area contributed by atoms with Gasteiger partial charge in [-0.05, 0) is 12.5 Å². The van der Waals surface area contributed by atoms with E-state index < -0.39 is 5.97 Å². The summed E-state index contributed by atoms with van der Waals surface area (Å²) in [6.07, 6.45) is 2.67. The molecule has 0 spiro atoms. The van der Waals surface area contributed by atoms with E-state index in [0.29, 0.717) is 0 Å². The Hall–Kier alpha value is -2.88. The summed E-state index contributed by atoms with van der Waals surface area (Å²) in [5.74, 6) is -0.270. The largest absolute Gasteiger partial charge is 0.339 e. The molecule has 0 N–H and O–H groups in total. The van der Waals surface area contributed by atoms with Crippen LogP contribution in [0.25, 0.3) is 21.8 Å². The maximum Gasteiger partial charge on any atom is 0.331 e. The first-order valence-corrected chi connectivity index (χ1v) is 8.07. The zero-order valence-electron chi connectivity index (χ0n) is 13.5. The van der Waals surface area contributed by atoms with Gasteiger partial charge in [-0.1, -0.05) is 47.6 Å². The quantitative estimate of drug-likeness (QED) is 0.411. The minimum Gasteiger partial charge on any atom is -0.339 e. The van der Waals surface area contributed by atoms with E-state index in [1.165, 1.54) is 23.2 Å². The summed E-state index contributed by atoms with van der Waals surface area (Å²) in [6, 6.07) is 14.6. The molecule has 2 heterocycles. The predicted octanol–water partition coefficient (Wildman–Crippen LogP) is 4.27. The van der Waals surface area contributed by atoms with E-state index in [1.54, 1.807) is 0 Å². The average Bonchev–Trinajstić information content (AvgIpc) is 2.90. The Morgan fingerprint density at radius 3 is 2.88 bits per heavy atom. The third-order valence-corrected chi connectivity index (χ3v) is 4.58. The molecular weight excluding hydrogens is 300 g/mol. The number of oxime groups is 1. The van der Waals surface area contributed by atoms with Gasteiger partial charge in [-0.3, -0.25) is 0 Å². The Labute approximate surface area is 140 Å². The van der Waals surface area contributed by atoms with Crippen LogP contribution < -0.4 is 0 Å². The SMILES string of the molecule is C=CCC1Cn2c3ccccc3c3cccc(c32)/C1=N/OC(C)=O. The van der Waals surface area contributed by atoms with Gasteiger partial charge in [0.25, 0.3) is 0 Å². The first kappa shape index (κ1) is 14.7. The molecule has 0 amide bonds. The summed E-state index contributed by atoms with van der Waals surface area (Å²) in [4.78, 5) is 16.2. The number of rotatable bonds is 3. The molecule has 4 rings (SSSR count). The Balaban J connectivity index is 2.03. The molecule has 0 saturated carbocycles. The van der Waals surface area contributed by atoms with Crippen LogP contribution in [0.3, 0.4) is 0 Å². The second-order valence-corrected chi connectivity index (χ2v) is 6.11. The number of carbonyl (C=O) groups is 1. The Kier molecular flexibility index (Phi) is 3.45. The van der Waals surface area contributed by atoms with Crippen LogP contribution in [-0.4, -0.2) is 16.2 Å². The smallest absolute Gasteiger partial charge is 0.331 e. The molecule has 0 saturated heterocycles. The van der Waals surface area contributed by atoms with Crippen molar-refractivity contribution in [3.05, 3.63) is 60.7 Å². The lowest BCUT2D eigenvalue weighted by molar-refractivity contribution is -0.140. The van der Waals surface area contributed by atoms with Crippen LogP contribution in [0.5, 0.6) is 0 Å². The average molecular weight is 318 g/mol. The Morgan fingerprint density at radius 1 is 1.29 bits per heavy atom. The fourth-order valence-electron chi connectivity index (χ4n) is 3.66. The lowest BCUT2D eigenvalue weighted by atomic mass is 9.89.